The summed E-state index contributed by atoms with van der Waals surface area (Å²) in [5.41, 5.74) is -0.0245. The Morgan fingerprint density at radius 3 is 1.88 bits per heavy atom. The first-order valence-corrected chi connectivity index (χ1v) is 3.18. The van der Waals surface area contributed by atoms with Gasteiger partial charge in [-0.3, -0.25) is 0 Å². The standard InChI is InChI=1S/C6H9ClS/c1-6(2,3)5(7)4-8/h1-3H3. The molecule has 0 aromatic heterocycles. The molecule has 0 fully saturated rings. The van der Waals surface area contributed by atoms with Crippen LogP contribution in [0, 0.1) is 5.41 Å². The van der Waals surface area contributed by atoms with Crippen LogP contribution in [0.2, 0.25) is 0 Å². The van der Waals surface area contributed by atoms with Crippen molar-refractivity contribution in [3.8, 4) is 0 Å². The van der Waals surface area contributed by atoms with Gasteiger partial charge in [0.15, 0.2) is 0 Å². The zero-order valence-electron chi connectivity index (χ0n) is 5.29. The summed E-state index contributed by atoms with van der Waals surface area (Å²) in [6.07, 6.45) is 0. The van der Waals surface area contributed by atoms with Gasteiger partial charge in [0, 0.05) is 5.41 Å². The normalized spacial score (nSPS) is 10.5. The monoisotopic (exact) mass is 148 g/mol. The Morgan fingerprint density at radius 2 is 1.88 bits per heavy atom. The van der Waals surface area contributed by atoms with Gasteiger partial charge in [-0.05, 0) is 17.2 Å². The summed E-state index contributed by atoms with van der Waals surface area (Å²) in [6, 6.07) is 0. The van der Waals surface area contributed by atoms with Crippen molar-refractivity contribution in [2.24, 2.45) is 5.41 Å². The second-order valence-corrected chi connectivity index (χ2v) is 3.25. The fourth-order valence-corrected chi connectivity index (χ4v) is 0.459. The van der Waals surface area contributed by atoms with Crippen molar-refractivity contribution in [1.82, 2.24) is 0 Å². The molecule has 0 N–H and O–H groups in total. The molecule has 0 bridgehead atoms. The molecule has 0 rings (SSSR count). The highest BCUT2D eigenvalue weighted by Gasteiger charge is 2.13. The van der Waals surface area contributed by atoms with E-state index in [1.165, 1.54) is 0 Å². The van der Waals surface area contributed by atoms with Crippen LogP contribution in [0.3, 0.4) is 0 Å². The lowest BCUT2D eigenvalue weighted by molar-refractivity contribution is 0.536. The van der Waals surface area contributed by atoms with E-state index >= 15 is 0 Å². The van der Waals surface area contributed by atoms with Gasteiger partial charge in [0.2, 0.25) is 0 Å². The zero-order chi connectivity index (χ0) is 6.78. The summed E-state index contributed by atoms with van der Waals surface area (Å²) >= 11 is 10.1. The predicted molar refractivity (Wildman–Crippen MR) is 41.4 cm³/mol. The molecule has 0 spiro atoms. The van der Waals surface area contributed by atoms with Crippen LogP contribution in [0.25, 0.3) is 0 Å². The van der Waals surface area contributed by atoms with Gasteiger partial charge in [0.1, 0.15) is 0 Å². The SMILES string of the molecule is CC(C)(C)C(Cl)=C=S. The van der Waals surface area contributed by atoms with E-state index in [0.717, 1.165) is 0 Å². The van der Waals surface area contributed by atoms with Crippen molar-refractivity contribution in [2.45, 2.75) is 20.8 Å². The number of thiocarbonyl (C=S) groups is 1. The van der Waals surface area contributed by atoms with Crippen molar-refractivity contribution in [2.75, 3.05) is 0 Å². The average Bonchev–Trinajstić information content (AvgIpc) is 1.62. The molecule has 46 valence electrons. The second kappa shape index (κ2) is 2.63. The topological polar surface area (TPSA) is 0 Å². The third-order valence-corrected chi connectivity index (χ3v) is 1.73. The van der Waals surface area contributed by atoms with Crippen molar-refractivity contribution < 1.29 is 0 Å². The van der Waals surface area contributed by atoms with Gasteiger partial charge in [-0.25, -0.2) is 0 Å². The van der Waals surface area contributed by atoms with Crippen molar-refractivity contribution in [3.63, 3.8) is 0 Å². The molecule has 0 unspecified atom stereocenters. The lowest BCUT2D eigenvalue weighted by Gasteiger charge is -2.13. The fourth-order valence-electron chi connectivity index (χ4n) is 0.153. The zero-order valence-corrected chi connectivity index (χ0v) is 6.86. The van der Waals surface area contributed by atoms with Crippen molar-refractivity contribution >= 4 is 28.8 Å². The summed E-state index contributed by atoms with van der Waals surface area (Å²) in [4.78, 5) is 0. The van der Waals surface area contributed by atoms with E-state index < -0.39 is 0 Å². The van der Waals surface area contributed by atoms with E-state index in [1.807, 2.05) is 20.8 Å². The third kappa shape index (κ3) is 2.46. The molecule has 0 saturated heterocycles. The molecule has 0 heterocycles. The fraction of sp³-hybridized carbons (Fsp3) is 0.667. The number of hydrogen-bond acceptors (Lipinski definition) is 1. The van der Waals surface area contributed by atoms with Crippen LogP contribution in [0.5, 0.6) is 0 Å². The Hall–Kier alpha value is 0.160. The molecule has 0 aromatic rings. The van der Waals surface area contributed by atoms with Crippen LogP contribution in [0.15, 0.2) is 5.03 Å². The molecule has 0 aliphatic heterocycles. The maximum absolute atomic E-state index is 5.64. The van der Waals surface area contributed by atoms with Crippen molar-refractivity contribution in [3.05, 3.63) is 5.03 Å². The van der Waals surface area contributed by atoms with Gasteiger partial charge in [-0.15, -0.1) is 0 Å². The van der Waals surface area contributed by atoms with E-state index in [9.17, 15) is 0 Å². The Labute approximate surface area is 60.5 Å². The van der Waals surface area contributed by atoms with Crippen LogP contribution < -0.4 is 0 Å². The minimum atomic E-state index is -0.0245. The number of halogens is 1. The lowest BCUT2D eigenvalue weighted by atomic mass is 9.97. The van der Waals surface area contributed by atoms with Crippen LogP contribution in [-0.2, 0) is 0 Å². The molecule has 0 atom stereocenters. The summed E-state index contributed by atoms with van der Waals surface area (Å²) < 4.78 is 0. The first-order valence-electron chi connectivity index (χ1n) is 2.39. The van der Waals surface area contributed by atoms with Crippen LogP contribution >= 0.6 is 23.8 Å². The second-order valence-electron chi connectivity index (χ2n) is 2.67. The highest BCUT2D eigenvalue weighted by atomic mass is 35.5. The van der Waals surface area contributed by atoms with Gasteiger partial charge in [0.05, 0.1) is 5.03 Å². The Balaban J connectivity index is 4.26. The first kappa shape index (κ1) is 8.16. The molecule has 0 radical (unpaired) electrons. The lowest BCUT2D eigenvalue weighted by Crippen LogP contribution is -2.04. The maximum Gasteiger partial charge on any atom is 0.0766 e. The largest absolute Gasteiger partial charge is 0.0785 e. The van der Waals surface area contributed by atoms with Gasteiger partial charge in [-0.2, -0.15) is 0 Å². The van der Waals surface area contributed by atoms with E-state index in [4.69, 9.17) is 11.6 Å². The minimum Gasteiger partial charge on any atom is -0.0785 e. The third-order valence-electron chi connectivity index (χ3n) is 0.748. The van der Waals surface area contributed by atoms with Crippen molar-refractivity contribution in [1.29, 1.82) is 0 Å². The van der Waals surface area contributed by atoms with E-state index in [2.05, 4.69) is 17.2 Å². The quantitative estimate of drug-likeness (QED) is 0.476. The predicted octanol–water partition coefficient (Wildman–Crippen LogP) is 2.75. The van der Waals surface area contributed by atoms with Gasteiger partial charge >= 0.3 is 0 Å². The highest BCUT2D eigenvalue weighted by molar-refractivity contribution is 7.78. The molecule has 0 aliphatic rings. The summed E-state index contributed by atoms with van der Waals surface area (Å²) in [6.45, 7) is 5.98. The number of allylic oxidation sites excluding steroid dienone is 1. The molecular weight excluding hydrogens is 140 g/mol. The Morgan fingerprint density at radius 1 is 1.50 bits per heavy atom. The molecule has 8 heavy (non-hydrogen) atoms. The molecule has 0 aliphatic carbocycles. The average molecular weight is 149 g/mol. The van der Waals surface area contributed by atoms with E-state index in [-0.39, 0.29) is 5.41 Å². The van der Waals surface area contributed by atoms with Gasteiger partial charge in [0.25, 0.3) is 0 Å². The number of rotatable bonds is 0. The first-order chi connectivity index (χ1) is 3.48. The molecule has 0 aromatic carbocycles. The number of hydrogen-bond donors (Lipinski definition) is 0. The van der Waals surface area contributed by atoms with Gasteiger partial charge in [-0.1, -0.05) is 32.4 Å². The minimum absolute atomic E-state index is 0.0245. The maximum atomic E-state index is 5.64. The Bertz CT molecular complexity index is 126. The smallest absolute Gasteiger partial charge is 0.0766 e. The van der Waals surface area contributed by atoms with Gasteiger partial charge < -0.3 is 0 Å². The highest BCUT2D eigenvalue weighted by Crippen LogP contribution is 2.25. The van der Waals surface area contributed by atoms with E-state index in [0.29, 0.717) is 5.03 Å². The van der Waals surface area contributed by atoms with Crippen LogP contribution in [0.4, 0.5) is 0 Å². The summed E-state index contributed by atoms with van der Waals surface area (Å²) in [7, 11) is 0. The molecule has 2 heteroatoms. The van der Waals surface area contributed by atoms with E-state index in [1.54, 1.807) is 0 Å². The molecular formula is C6H9ClS. The molecule has 0 amide bonds. The van der Waals surface area contributed by atoms with Crippen LogP contribution in [0.1, 0.15) is 20.8 Å². The molecule has 0 saturated carbocycles. The summed E-state index contributed by atoms with van der Waals surface area (Å²) in [5.74, 6) is 0. The summed E-state index contributed by atoms with van der Waals surface area (Å²) in [5, 5.41) is 3.09. The molecule has 0 nitrogen and oxygen atoms in total. The van der Waals surface area contributed by atoms with Crippen LogP contribution in [-0.4, -0.2) is 5.02 Å². The Kier molecular flexibility index (Phi) is 2.68.